The van der Waals surface area contributed by atoms with Gasteiger partial charge >= 0.3 is 0 Å². The molecule has 2 fully saturated rings. The normalized spacial score (nSPS) is 37.7. The Balaban J connectivity index is 2.07. The smallest absolute Gasteiger partial charge is 0.0309 e. The molecule has 2 unspecified atom stereocenters. The van der Waals surface area contributed by atoms with Crippen LogP contribution in [0, 0.1) is 11.3 Å². The zero-order valence-electron chi connectivity index (χ0n) is 11.6. The quantitative estimate of drug-likeness (QED) is 0.775. The van der Waals surface area contributed by atoms with Gasteiger partial charge in [-0.05, 0) is 37.6 Å². The van der Waals surface area contributed by atoms with Gasteiger partial charge in [0.1, 0.15) is 0 Å². The van der Waals surface area contributed by atoms with E-state index in [1.165, 1.54) is 25.9 Å². The van der Waals surface area contributed by atoms with Crippen molar-refractivity contribution >= 4 is 0 Å². The van der Waals surface area contributed by atoms with Gasteiger partial charge in [-0.15, -0.1) is 0 Å². The van der Waals surface area contributed by atoms with Gasteiger partial charge in [0.15, 0.2) is 0 Å². The van der Waals surface area contributed by atoms with Crippen LogP contribution in [0.15, 0.2) is 0 Å². The van der Waals surface area contributed by atoms with Gasteiger partial charge in [0.25, 0.3) is 0 Å². The van der Waals surface area contributed by atoms with E-state index in [1.807, 2.05) is 0 Å². The highest BCUT2D eigenvalue weighted by Crippen LogP contribution is 2.42. The monoisotopic (exact) mass is 224 g/mol. The van der Waals surface area contributed by atoms with E-state index in [9.17, 15) is 0 Å². The van der Waals surface area contributed by atoms with E-state index in [4.69, 9.17) is 0 Å². The van der Waals surface area contributed by atoms with Crippen LogP contribution in [-0.4, -0.2) is 36.1 Å². The van der Waals surface area contributed by atoms with Crippen LogP contribution in [0.1, 0.15) is 47.5 Å². The Labute approximate surface area is 101 Å². The minimum absolute atomic E-state index is 0.383. The molecule has 0 aromatic rings. The van der Waals surface area contributed by atoms with Crippen molar-refractivity contribution in [2.45, 2.75) is 59.0 Å². The van der Waals surface area contributed by atoms with Crippen molar-refractivity contribution < 1.29 is 0 Å². The zero-order valence-corrected chi connectivity index (χ0v) is 11.6. The third kappa shape index (κ3) is 2.28. The number of hydrogen-bond donors (Lipinski definition) is 1. The lowest BCUT2D eigenvalue weighted by Crippen LogP contribution is -2.66. The molecule has 2 aliphatic rings. The van der Waals surface area contributed by atoms with Crippen molar-refractivity contribution in [3.63, 3.8) is 0 Å². The lowest BCUT2D eigenvalue weighted by Gasteiger charge is -2.50. The van der Waals surface area contributed by atoms with Crippen molar-refractivity contribution in [3.05, 3.63) is 0 Å². The molecule has 1 heterocycles. The van der Waals surface area contributed by atoms with Crippen molar-refractivity contribution in [1.29, 1.82) is 0 Å². The SMILES string of the molecule is CCN1CC(C)(C2CC2)NCC1C(C)(C)C. The summed E-state index contributed by atoms with van der Waals surface area (Å²) in [7, 11) is 0. The number of nitrogens with one attached hydrogen (secondary N) is 1. The topological polar surface area (TPSA) is 15.3 Å². The summed E-state index contributed by atoms with van der Waals surface area (Å²) in [5.74, 6) is 0.933. The summed E-state index contributed by atoms with van der Waals surface area (Å²) in [6, 6.07) is 0.685. The predicted octanol–water partition coefficient (Wildman–Crippen LogP) is 2.49. The molecule has 0 amide bonds. The highest BCUT2D eigenvalue weighted by atomic mass is 15.3. The van der Waals surface area contributed by atoms with Crippen LogP contribution in [0.5, 0.6) is 0 Å². The first-order valence-corrected chi connectivity index (χ1v) is 6.86. The van der Waals surface area contributed by atoms with Crippen molar-refractivity contribution in [2.75, 3.05) is 19.6 Å². The molecule has 0 bridgehead atoms. The predicted molar refractivity (Wildman–Crippen MR) is 69.6 cm³/mol. The van der Waals surface area contributed by atoms with Crippen LogP contribution in [0.25, 0.3) is 0 Å². The standard InChI is InChI=1S/C14H28N2/c1-6-16-10-14(5,11-7-8-11)15-9-12(16)13(2,3)4/h11-12,15H,6-10H2,1-5H3. The highest BCUT2D eigenvalue weighted by Gasteiger charge is 2.47. The Morgan fingerprint density at radius 3 is 2.38 bits per heavy atom. The van der Waals surface area contributed by atoms with Gasteiger partial charge in [-0.3, -0.25) is 4.90 Å². The van der Waals surface area contributed by atoms with Gasteiger partial charge in [-0.25, -0.2) is 0 Å². The van der Waals surface area contributed by atoms with Gasteiger partial charge in [0.2, 0.25) is 0 Å². The summed E-state index contributed by atoms with van der Waals surface area (Å²) in [6.07, 6.45) is 2.86. The minimum atomic E-state index is 0.383. The van der Waals surface area contributed by atoms with Crippen LogP contribution < -0.4 is 5.32 Å². The number of rotatable bonds is 2. The average molecular weight is 224 g/mol. The van der Waals surface area contributed by atoms with E-state index < -0.39 is 0 Å². The van der Waals surface area contributed by atoms with Crippen LogP contribution in [0.3, 0.4) is 0 Å². The van der Waals surface area contributed by atoms with E-state index in [-0.39, 0.29) is 0 Å². The maximum absolute atomic E-state index is 3.84. The molecule has 1 N–H and O–H groups in total. The fraction of sp³-hybridized carbons (Fsp3) is 1.00. The average Bonchev–Trinajstić information content (AvgIpc) is 2.98. The van der Waals surface area contributed by atoms with E-state index in [2.05, 4.69) is 44.8 Å². The largest absolute Gasteiger partial charge is 0.308 e. The van der Waals surface area contributed by atoms with Crippen molar-refractivity contribution in [2.24, 2.45) is 11.3 Å². The third-order valence-electron chi connectivity index (χ3n) is 4.56. The number of nitrogens with zero attached hydrogens (tertiary/aromatic N) is 1. The zero-order chi connectivity index (χ0) is 12.0. The molecular weight excluding hydrogens is 196 g/mol. The summed E-state index contributed by atoms with van der Waals surface area (Å²) in [5.41, 5.74) is 0.769. The summed E-state index contributed by atoms with van der Waals surface area (Å²) >= 11 is 0. The number of likely N-dealkylation sites (N-methyl/N-ethyl adjacent to an activating group) is 1. The Morgan fingerprint density at radius 1 is 1.31 bits per heavy atom. The molecule has 2 atom stereocenters. The van der Waals surface area contributed by atoms with Crippen LogP contribution in [0.4, 0.5) is 0 Å². The first-order chi connectivity index (χ1) is 7.37. The van der Waals surface area contributed by atoms with Crippen LogP contribution >= 0.6 is 0 Å². The summed E-state index contributed by atoms with van der Waals surface area (Å²) in [6.45, 7) is 15.4. The second-order valence-corrected chi connectivity index (χ2v) is 7.02. The molecule has 2 nitrogen and oxygen atoms in total. The third-order valence-corrected chi connectivity index (χ3v) is 4.56. The molecule has 1 aliphatic heterocycles. The summed E-state index contributed by atoms with van der Waals surface area (Å²) in [5, 5.41) is 3.84. The fourth-order valence-electron chi connectivity index (χ4n) is 3.23. The second-order valence-electron chi connectivity index (χ2n) is 7.02. The molecular formula is C14H28N2. The van der Waals surface area contributed by atoms with Gasteiger partial charge < -0.3 is 5.32 Å². The lowest BCUT2D eigenvalue weighted by molar-refractivity contribution is 0.0243. The first-order valence-electron chi connectivity index (χ1n) is 6.86. The molecule has 16 heavy (non-hydrogen) atoms. The fourth-order valence-corrected chi connectivity index (χ4v) is 3.23. The van der Waals surface area contributed by atoms with E-state index in [1.54, 1.807) is 0 Å². The van der Waals surface area contributed by atoms with Gasteiger partial charge in [-0.1, -0.05) is 27.7 Å². The van der Waals surface area contributed by atoms with Crippen molar-refractivity contribution in [1.82, 2.24) is 10.2 Å². The molecule has 0 aromatic carbocycles. The van der Waals surface area contributed by atoms with Crippen LogP contribution in [0.2, 0.25) is 0 Å². The van der Waals surface area contributed by atoms with E-state index in [0.29, 0.717) is 17.0 Å². The molecule has 2 rings (SSSR count). The minimum Gasteiger partial charge on any atom is -0.308 e. The number of piperazine rings is 1. The second kappa shape index (κ2) is 3.99. The van der Waals surface area contributed by atoms with E-state index >= 15 is 0 Å². The van der Waals surface area contributed by atoms with Gasteiger partial charge in [0.05, 0.1) is 0 Å². The maximum Gasteiger partial charge on any atom is 0.0309 e. The Bertz CT molecular complexity index is 252. The van der Waals surface area contributed by atoms with Crippen molar-refractivity contribution in [3.8, 4) is 0 Å². The maximum atomic E-state index is 3.84. The molecule has 1 saturated heterocycles. The molecule has 0 spiro atoms. The van der Waals surface area contributed by atoms with Gasteiger partial charge in [0, 0.05) is 24.7 Å². The Hall–Kier alpha value is -0.0800. The molecule has 1 aliphatic carbocycles. The van der Waals surface area contributed by atoms with Crippen LogP contribution in [-0.2, 0) is 0 Å². The van der Waals surface area contributed by atoms with E-state index in [0.717, 1.165) is 12.5 Å². The molecule has 1 saturated carbocycles. The summed E-state index contributed by atoms with van der Waals surface area (Å²) < 4.78 is 0. The Kier molecular flexibility index (Phi) is 3.09. The lowest BCUT2D eigenvalue weighted by atomic mass is 9.81. The summed E-state index contributed by atoms with van der Waals surface area (Å²) in [4.78, 5) is 2.69. The first kappa shape index (κ1) is 12.4. The molecule has 0 radical (unpaired) electrons. The highest BCUT2D eigenvalue weighted by molar-refractivity contribution is 5.05. The molecule has 0 aromatic heterocycles. The van der Waals surface area contributed by atoms with Gasteiger partial charge in [-0.2, -0.15) is 0 Å². The molecule has 94 valence electrons. The Morgan fingerprint density at radius 2 is 1.94 bits per heavy atom. The number of hydrogen-bond acceptors (Lipinski definition) is 2. The molecule has 2 heteroatoms.